The van der Waals surface area contributed by atoms with Crippen molar-refractivity contribution in [3.63, 3.8) is 0 Å². The van der Waals surface area contributed by atoms with Gasteiger partial charge in [0.15, 0.2) is 0 Å². The average molecular weight is 386 g/mol. The lowest BCUT2D eigenvalue weighted by molar-refractivity contribution is 0.0930. The zero-order chi connectivity index (χ0) is 19.1. The summed E-state index contributed by atoms with van der Waals surface area (Å²) >= 11 is 6.23. The molecule has 1 aromatic carbocycles. The lowest BCUT2D eigenvalue weighted by atomic mass is 10.1. The number of rotatable bonds is 4. The number of benzene rings is 1. The van der Waals surface area contributed by atoms with Crippen LogP contribution in [0.15, 0.2) is 30.5 Å². The SMILES string of the molecule is COc1cc(N2CC(NC(=O)c3ccc4nc(C)n(C)c4c3)C2)c(Cl)cn1. The number of halogens is 1. The highest BCUT2D eigenvalue weighted by Crippen LogP contribution is 2.31. The normalized spacial score (nSPS) is 14.3. The molecule has 0 saturated carbocycles. The molecule has 2 aromatic heterocycles. The van der Waals surface area contributed by atoms with Crippen LogP contribution in [-0.2, 0) is 7.05 Å². The summed E-state index contributed by atoms with van der Waals surface area (Å²) in [5, 5.41) is 3.64. The molecule has 0 aliphatic carbocycles. The molecule has 7 nitrogen and oxygen atoms in total. The predicted molar refractivity (Wildman–Crippen MR) is 105 cm³/mol. The Bertz CT molecular complexity index is 1030. The van der Waals surface area contributed by atoms with E-state index in [0.29, 0.717) is 29.6 Å². The Labute approximate surface area is 161 Å². The van der Waals surface area contributed by atoms with E-state index in [4.69, 9.17) is 16.3 Å². The summed E-state index contributed by atoms with van der Waals surface area (Å²) < 4.78 is 7.13. The molecule has 140 valence electrons. The number of methoxy groups -OCH3 is 1. The van der Waals surface area contributed by atoms with Crippen LogP contribution in [0.1, 0.15) is 16.2 Å². The first-order chi connectivity index (χ1) is 13.0. The second kappa shape index (κ2) is 6.74. The lowest BCUT2D eigenvalue weighted by Crippen LogP contribution is -2.59. The van der Waals surface area contributed by atoms with Crippen LogP contribution in [0, 0.1) is 6.92 Å². The molecule has 0 unspecified atom stereocenters. The molecule has 0 radical (unpaired) electrons. The molecule has 3 heterocycles. The Hall–Kier alpha value is -2.80. The molecule has 1 amide bonds. The number of nitrogens with zero attached hydrogens (tertiary/aromatic N) is 4. The van der Waals surface area contributed by atoms with Crippen LogP contribution in [-0.4, -0.2) is 46.7 Å². The highest BCUT2D eigenvalue weighted by Gasteiger charge is 2.30. The number of aryl methyl sites for hydroxylation is 2. The number of carbonyl (C=O) groups is 1. The highest BCUT2D eigenvalue weighted by atomic mass is 35.5. The Morgan fingerprint density at radius 3 is 2.85 bits per heavy atom. The number of pyridine rings is 1. The molecule has 1 aliphatic heterocycles. The van der Waals surface area contributed by atoms with E-state index in [1.807, 2.05) is 36.7 Å². The number of anilines is 1. The van der Waals surface area contributed by atoms with Crippen molar-refractivity contribution in [1.82, 2.24) is 19.9 Å². The molecule has 1 aliphatic rings. The van der Waals surface area contributed by atoms with E-state index in [9.17, 15) is 4.79 Å². The van der Waals surface area contributed by atoms with E-state index in [1.165, 1.54) is 0 Å². The van der Waals surface area contributed by atoms with Gasteiger partial charge in [0.1, 0.15) is 5.82 Å². The molecule has 3 aromatic rings. The van der Waals surface area contributed by atoms with E-state index >= 15 is 0 Å². The summed E-state index contributed by atoms with van der Waals surface area (Å²) in [5.74, 6) is 1.35. The zero-order valence-corrected chi connectivity index (χ0v) is 16.1. The summed E-state index contributed by atoms with van der Waals surface area (Å²) in [7, 11) is 3.52. The topological polar surface area (TPSA) is 72.3 Å². The van der Waals surface area contributed by atoms with Crippen LogP contribution in [0.2, 0.25) is 5.02 Å². The van der Waals surface area contributed by atoms with E-state index in [1.54, 1.807) is 19.4 Å². The number of nitrogens with one attached hydrogen (secondary N) is 1. The highest BCUT2D eigenvalue weighted by molar-refractivity contribution is 6.33. The summed E-state index contributed by atoms with van der Waals surface area (Å²) in [6, 6.07) is 7.44. The third-order valence-electron chi connectivity index (χ3n) is 4.94. The van der Waals surface area contributed by atoms with Gasteiger partial charge in [-0.3, -0.25) is 4.79 Å². The van der Waals surface area contributed by atoms with Gasteiger partial charge in [-0.15, -0.1) is 0 Å². The molecule has 0 bridgehead atoms. The standard InChI is InChI=1S/C19H20ClN5O2/c1-11-22-15-5-4-12(6-17(15)24(11)2)19(26)23-13-9-25(10-13)16-7-18(27-3)21-8-14(16)20/h4-8,13H,9-10H2,1-3H3,(H,23,26). The van der Waals surface area contributed by atoms with Gasteiger partial charge in [-0.1, -0.05) is 11.6 Å². The van der Waals surface area contributed by atoms with Gasteiger partial charge in [-0.2, -0.15) is 0 Å². The fourth-order valence-electron chi connectivity index (χ4n) is 3.25. The number of ether oxygens (including phenoxy) is 1. The number of fused-ring (bicyclic) bond motifs is 1. The maximum Gasteiger partial charge on any atom is 0.251 e. The van der Waals surface area contributed by atoms with Crippen LogP contribution < -0.4 is 15.0 Å². The maximum atomic E-state index is 12.6. The molecule has 1 fully saturated rings. The summed E-state index contributed by atoms with van der Waals surface area (Å²) in [6.07, 6.45) is 1.58. The second-order valence-corrected chi connectivity index (χ2v) is 7.08. The largest absolute Gasteiger partial charge is 0.481 e. The van der Waals surface area contributed by atoms with Crippen molar-refractivity contribution >= 4 is 34.2 Å². The van der Waals surface area contributed by atoms with Crippen molar-refractivity contribution in [1.29, 1.82) is 0 Å². The van der Waals surface area contributed by atoms with Gasteiger partial charge in [-0.05, 0) is 25.1 Å². The minimum absolute atomic E-state index is 0.0664. The minimum atomic E-state index is -0.0844. The number of aromatic nitrogens is 3. The summed E-state index contributed by atoms with van der Waals surface area (Å²) in [5.41, 5.74) is 3.34. The van der Waals surface area contributed by atoms with Crippen LogP contribution in [0.5, 0.6) is 5.88 Å². The Kier molecular flexibility index (Phi) is 4.39. The van der Waals surface area contributed by atoms with Crippen molar-refractivity contribution in [2.75, 3.05) is 25.1 Å². The molecule has 1 N–H and O–H groups in total. The van der Waals surface area contributed by atoms with E-state index in [2.05, 4.69) is 20.2 Å². The molecule has 27 heavy (non-hydrogen) atoms. The Morgan fingerprint density at radius 2 is 2.11 bits per heavy atom. The molecule has 8 heteroatoms. The van der Waals surface area contributed by atoms with Gasteiger partial charge < -0.3 is 19.5 Å². The van der Waals surface area contributed by atoms with Crippen LogP contribution in [0.25, 0.3) is 11.0 Å². The number of imidazole rings is 1. The van der Waals surface area contributed by atoms with Crippen LogP contribution in [0.4, 0.5) is 5.69 Å². The van der Waals surface area contributed by atoms with Crippen molar-refractivity contribution in [2.24, 2.45) is 7.05 Å². The Morgan fingerprint density at radius 1 is 1.33 bits per heavy atom. The van der Waals surface area contributed by atoms with E-state index < -0.39 is 0 Å². The van der Waals surface area contributed by atoms with Gasteiger partial charge in [0.2, 0.25) is 5.88 Å². The number of hydrogen-bond acceptors (Lipinski definition) is 5. The second-order valence-electron chi connectivity index (χ2n) is 6.67. The number of carbonyl (C=O) groups excluding carboxylic acids is 1. The molecule has 0 atom stereocenters. The zero-order valence-electron chi connectivity index (χ0n) is 15.4. The fourth-order valence-corrected chi connectivity index (χ4v) is 3.47. The quantitative estimate of drug-likeness (QED) is 0.747. The molecule has 0 spiro atoms. The first kappa shape index (κ1) is 17.6. The first-order valence-corrected chi connectivity index (χ1v) is 9.02. The molecule has 4 rings (SSSR count). The van der Waals surface area contributed by atoms with Crippen molar-refractivity contribution in [2.45, 2.75) is 13.0 Å². The van der Waals surface area contributed by atoms with Gasteiger partial charge in [-0.25, -0.2) is 9.97 Å². The maximum absolute atomic E-state index is 12.6. The fraction of sp³-hybridized carbons (Fsp3) is 0.316. The van der Waals surface area contributed by atoms with Crippen LogP contribution >= 0.6 is 11.6 Å². The molecular formula is C19H20ClN5O2. The third-order valence-corrected chi connectivity index (χ3v) is 5.23. The number of amides is 1. The van der Waals surface area contributed by atoms with Gasteiger partial charge in [0, 0.05) is 31.8 Å². The van der Waals surface area contributed by atoms with Crippen molar-refractivity contribution in [3.05, 3.63) is 46.9 Å². The van der Waals surface area contributed by atoms with Crippen LogP contribution in [0.3, 0.4) is 0 Å². The van der Waals surface area contributed by atoms with Gasteiger partial charge >= 0.3 is 0 Å². The first-order valence-electron chi connectivity index (χ1n) is 8.64. The molecule has 1 saturated heterocycles. The Balaban J connectivity index is 1.43. The van der Waals surface area contributed by atoms with E-state index in [0.717, 1.165) is 22.5 Å². The average Bonchev–Trinajstić information content (AvgIpc) is 2.92. The predicted octanol–water partition coefficient (Wildman–Crippen LogP) is 2.56. The smallest absolute Gasteiger partial charge is 0.251 e. The summed E-state index contributed by atoms with van der Waals surface area (Å²) in [4.78, 5) is 23.2. The van der Waals surface area contributed by atoms with Gasteiger partial charge in [0.05, 0.1) is 41.1 Å². The van der Waals surface area contributed by atoms with Crippen molar-refractivity contribution < 1.29 is 9.53 Å². The summed E-state index contributed by atoms with van der Waals surface area (Å²) in [6.45, 7) is 3.32. The van der Waals surface area contributed by atoms with E-state index in [-0.39, 0.29) is 11.9 Å². The third kappa shape index (κ3) is 3.19. The minimum Gasteiger partial charge on any atom is -0.481 e. The monoisotopic (exact) mass is 385 g/mol. The number of hydrogen-bond donors (Lipinski definition) is 1. The van der Waals surface area contributed by atoms with Gasteiger partial charge in [0.25, 0.3) is 5.91 Å². The molecular weight excluding hydrogens is 366 g/mol. The lowest BCUT2D eigenvalue weighted by Gasteiger charge is -2.41. The van der Waals surface area contributed by atoms with Crippen molar-refractivity contribution in [3.8, 4) is 5.88 Å².